The quantitative estimate of drug-likeness (QED) is 0.723. The topological polar surface area (TPSA) is 40.6 Å². The van der Waals surface area contributed by atoms with Crippen LogP contribution < -0.4 is 0 Å². The lowest BCUT2D eigenvalue weighted by atomic mass is 9.99. The highest BCUT2D eigenvalue weighted by molar-refractivity contribution is 5.78. The van der Waals surface area contributed by atoms with Gasteiger partial charge >= 0.3 is 0 Å². The van der Waals surface area contributed by atoms with Gasteiger partial charge in [-0.1, -0.05) is 6.92 Å². The average Bonchev–Trinajstić information content (AvgIpc) is 2.26. The van der Waals surface area contributed by atoms with Crippen LogP contribution in [0.2, 0.25) is 0 Å². The smallest absolute Gasteiger partial charge is 0.224 e. The fourth-order valence-corrected chi connectivity index (χ4v) is 1.84. The Labute approximate surface area is 97.6 Å². The maximum Gasteiger partial charge on any atom is 0.224 e. The predicted molar refractivity (Wildman–Crippen MR) is 62.9 cm³/mol. The van der Waals surface area contributed by atoms with Crippen LogP contribution in [0.5, 0.6) is 0 Å². The minimum absolute atomic E-state index is 0.0140. The van der Waals surface area contributed by atoms with Crippen molar-refractivity contribution in [1.82, 2.24) is 9.80 Å². The Morgan fingerprint density at radius 2 is 1.88 bits per heavy atom. The van der Waals surface area contributed by atoms with E-state index < -0.39 is 0 Å². The summed E-state index contributed by atoms with van der Waals surface area (Å²) >= 11 is 0. The van der Waals surface area contributed by atoms with Crippen molar-refractivity contribution >= 4 is 11.8 Å². The van der Waals surface area contributed by atoms with Crippen LogP contribution in [0.4, 0.5) is 0 Å². The van der Waals surface area contributed by atoms with Gasteiger partial charge in [0.2, 0.25) is 11.8 Å². The van der Waals surface area contributed by atoms with Crippen LogP contribution in [0.15, 0.2) is 0 Å². The van der Waals surface area contributed by atoms with Gasteiger partial charge in [-0.2, -0.15) is 0 Å². The van der Waals surface area contributed by atoms with E-state index in [1.807, 2.05) is 4.90 Å². The summed E-state index contributed by atoms with van der Waals surface area (Å²) < 4.78 is 0. The van der Waals surface area contributed by atoms with E-state index in [0.29, 0.717) is 13.0 Å². The molecule has 0 bridgehead atoms. The van der Waals surface area contributed by atoms with Crippen molar-refractivity contribution in [2.45, 2.75) is 33.1 Å². The number of carbonyl (C=O) groups excluding carboxylic acids is 2. The maximum absolute atomic E-state index is 11.8. The summed E-state index contributed by atoms with van der Waals surface area (Å²) in [5.74, 6) is 0.934. The summed E-state index contributed by atoms with van der Waals surface area (Å²) in [7, 11) is 1.73. The molecular formula is C12H22N2O2. The Kier molecular flexibility index (Phi) is 4.77. The molecule has 2 amide bonds. The van der Waals surface area contributed by atoms with Crippen molar-refractivity contribution < 1.29 is 9.59 Å². The molecule has 0 aromatic carbocycles. The second-order valence-corrected chi connectivity index (χ2v) is 4.75. The zero-order valence-electron chi connectivity index (χ0n) is 10.5. The van der Waals surface area contributed by atoms with Crippen LogP contribution in [0, 0.1) is 5.92 Å². The number of carbonyl (C=O) groups is 2. The molecule has 1 aliphatic rings. The monoisotopic (exact) mass is 226 g/mol. The standard InChI is InChI=1S/C12H22N2O2/c1-10-4-8-14(9-5-10)12(16)6-7-13(3)11(2)15/h10H,4-9H2,1-3H3. The van der Waals surface area contributed by atoms with E-state index >= 15 is 0 Å². The second-order valence-electron chi connectivity index (χ2n) is 4.75. The Morgan fingerprint density at radius 3 is 2.38 bits per heavy atom. The Hall–Kier alpha value is -1.06. The highest BCUT2D eigenvalue weighted by Gasteiger charge is 2.20. The van der Waals surface area contributed by atoms with Gasteiger partial charge in [-0.05, 0) is 18.8 Å². The molecule has 0 aliphatic carbocycles. The number of piperidine rings is 1. The van der Waals surface area contributed by atoms with Crippen LogP contribution in [0.25, 0.3) is 0 Å². The Balaban J connectivity index is 2.27. The molecule has 1 saturated heterocycles. The van der Waals surface area contributed by atoms with E-state index in [-0.39, 0.29) is 11.8 Å². The van der Waals surface area contributed by atoms with Gasteiger partial charge < -0.3 is 9.80 Å². The van der Waals surface area contributed by atoms with Crippen molar-refractivity contribution in [2.24, 2.45) is 5.92 Å². The van der Waals surface area contributed by atoms with Gasteiger partial charge in [-0.15, -0.1) is 0 Å². The van der Waals surface area contributed by atoms with E-state index in [0.717, 1.165) is 31.8 Å². The van der Waals surface area contributed by atoms with E-state index in [2.05, 4.69) is 6.92 Å². The SMILES string of the molecule is CC(=O)N(C)CCC(=O)N1CCC(C)CC1. The van der Waals surface area contributed by atoms with Gasteiger partial charge in [0.25, 0.3) is 0 Å². The van der Waals surface area contributed by atoms with Crippen LogP contribution in [-0.2, 0) is 9.59 Å². The zero-order valence-corrected chi connectivity index (χ0v) is 10.5. The van der Waals surface area contributed by atoms with Gasteiger partial charge in [0.1, 0.15) is 0 Å². The van der Waals surface area contributed by atoms with Gasteiger partial charge in [-0.3, -0.25) is 9.59 Å². The summed E-state index contributed by atoms with van der Waals surface area (Å²) in [4.78, 5) is 26.3. The average molecular weight is 226 g/mol. The predicted octanol–water partition coefficient (Wildman–Crippen LogP) is 1.11. The van der Waals surface area contributed by atoms with Crippen molar-refractivity contribution in [2.75, 3.05) is 26.7 Å². The molecule has 1 aliphatic heterocycles. The molecule has 1 heterocycles. The minimum atomic E-state index is 0.0140. The zero-order chi connectivity index (χ0) is 12.1. The van der Waals surface area contributed by atoms with Gasteiger partial charge in [-0.25, -0.2) is 0 Å². The lowest BCUT2D eigenvalue weighted by molar-refractivity contribution is -0.133. The fourth-order valence-electron chi connectivity index (χ4n) is 1.84. The number of hydrogen-bond acceptors (Lipinski definition) is 2. The van der Waals surface area contributed by atoms with Gasteiger partial charge in [0.15, 0.2) is 0 Å². The molecule has 92 valence electrons. The molecule has 0 saturated carbocycles. The largest absolute Gasteiger partial charge is 0.345 e. The van der Waals surface area contributed by atoms with Crippen LogP contribution in [0.1, 0.15) is 33.1 Å². The molecule has 1 fully saturated rings. The first kappa shape index (κ1) is 13.0. The summed E-state index contributed by atoms with van der Waals surface area (Å²) in [6, 6.07) is 0. The third-order valence-corrected chi connectivity index (χ3v) is 3.33. The summed E-state index contributed by atoms with van der Waals surface area (Å²) in [6.07, 6.45) is 2.66. The lowest BCUT2D eigenvalue weighted by Crippen LogP contribution is -2.39. The molecule has 4 nitrogen and oxygen atoms in total. The maximum atomic E-state index is 11.8. The molecule has 1 rings (SSSR count). The molecule has 0 spiro atoms. The third-order valence-electron chi connectivity index (χ3n) is 3.33. The molecule has 0 aromatic rings. The van der Waals surface area contributed by atoms with Gasteiger partial charge in [0.05, 0.1) is 0 Å². The summed E-state index contributed by atoms with van der Waals surface area (Å²) in [6.45, 7) is 6.03. The molecule has 0 aromatic heterocycles. The van der Waals surface area contributed by atoms with E-state index in [1.165, 1.54) is 6.92 Å². The first-order chi connectivity index (χ1) is 7.50. The fraction of sp³-hybridized carbons (Fsp3) is 0.833. The highest BCUT2D eigenvalue weighted by Crippen LogP contribution is 2.16. The van der Waals surface area contributed by atoms with E-state index in [9.17, 15) is 9.59 Å². The molecule has 0 N–H and O–H groups in total. The molecular weight excluding hydrogens is 204 g/mol. The number of hydrogen-bond donors (Lipinski definition) is 0. The summed E-state index contributed by atoms with van der Waals surface area (Å²) in [5.41, 5.74) is 0. The first-order valence-electron chi connectivity index (χ1n) is 6.00. The first-order valence-corrected chi connectivity index (χ1v) is 6.00. The normalized spacial score (nSPS) is 17.3. The summed E-state index contributed by atoms with van der Waals surface area (Å²) in [5, 5.41) is 0. The Bertz CT molecular complexity index is 258. The van der Waals surface area contributed by atoms with Crippen LogP contribution in [-0.4, -0.2) is 48.3 Å². The van der Waals surface area contributed by atoms with Gasteiger partial charge in [0, 0.05) is 40.0 Å². The molecule has 16 heavy (non-hydrogen) atoms. The molecule has 0 atom stereocenters. The number of nitrogens with zero attached hydrogens (tertiary/aromatic N) is 2. The van der Waals surface area contributed by atoms with Crippen molar-refractivity contribution in [1.29, 1.82) is 0 Å². The van der Waals surface area contributed by atoms with Crippen LogP contribution in [0.3, 0.4) is 0 Å². The van der Waals surface area contributed by atoms with E-state index in [1.54, 1.807) is 11.9 Å². The molecule has 0 unspecified atom stereocenters. The Morgan fingerprint density at radius 1 is 1.31 bits per heavy atom. The van der Waals surface area contributed by atoms with Crippen molar-refractivity contribution in [3.05, 3.63) is 0 Å². The molecule has 4 heteroatoms. The second kappa shape index (κ2) is 5.87. The molecule has 0 radical (unpaired) electrons. The van der Waals surface area contributed by atoms with Crippen molar-refractivity contribution in [3.63, 3.8) is 0 Å². The highest BCUT2D eigenvalue weighted by atomic mass is 16.2. The minimum Gasteiger partial charge on any atom is -0.345 e. The third kappa shape index (κ3) is 3.83. The number of rotatable bonds is 3. The number of likely N-dealkylation sites (tertiary alicyclic amines) is 1. The van der Waals surface area contributed by atoms with Crippen LogP contribution >= 0.6 is 0 Å². The van der Waals surface area contributed by atoms with E-state index in [4.69, 9.17) is 0 Å². The van der Waals surface area contributed by atoms with Crippen molar-refractivity contribution in [3.8, 4) is 0 Å². The lowest BCUT2D eigenvalue weighted by Gasteiger charge is -2.30. The number of amides is 2.